The number of nitrogens with zero attached hydrogens (tertiary/aromatic N) is 2. The van der Waals surface area contributed by atoms with Gasteiger partial charge in [0, 0.05) is 31.4 Å². The molecule has 0 spiro atoms. The first-order valence-corrected chi connectivity index (χ1v) is 11.3. The molecule has 4 rings (SSSR count). The Hall–Kier alpha value is -2.69. The van der Waals surface area contributed by atoms with Gasteiger partial charge in [0.1, 0.15) is 0 Å². The number of nitrogens with one attached hydrogen (secondary N) is 1. The van der Waals surface area contributed by atoms with Gasteiger partial charge in [-0.1, -0.05) is 49.6 Å². The number of amides is 2. The quantitative estimate of drug-likeness (QED) is 0.803. The average Bonchev–Trinajstić information content (AvgIpc) is 2.83. The molecule has 1 aromatic heterocycles. The van der Waals surface area contributed by atoms with E-state index in [0.29, 0.717) is 37.4 Å². The van der Waals surface area contributed by atoms with Gasteiger partial charge in [-0.05, 0) is 49.3 Å². The van der Waals surface area contributed by atoms with Gasteiger partial charge in [0.25, 0.3) is 5.91 Å². The molecule has 1 saturated carbocycles. The van der Waals surface area contributed by atoms with Crippen molar-refractivity contribution in [3.63, 3.8) is 0 Å². The SMILES string of the molecule is O=C(NC(c1ccccc1)C1CCCCC1)C1CCN(C(=O)c2cccnc2)CC1. The van der Waals surface area contributed by atoms with Crippen molar-refractivity contribution in [3.8, 4) is 0 Å². The van der Waals surface area contributed by atoms with Crippen LogP contribution in [-0.4, -0.2) is 34.8 Å². The van der Waals surface area contributed by atoms with Gasteiger partial charge in [0.05, 0.1) is 11.6 Å². The van der Waals surface area contributed by atoms with E-state index in [0.717, 1.165) is 0 Å². The molecule has 1 atom stereocenters. The first-order valence-electron chi connectivity index (χ1n) is 11.3. The summed E-state index contributed by atoms with van der Waals surface area (Å²) in [6.07, 6.45) is 10.9. The largest absolute Gasteiger partial charge is 0.349 e. The molecule has 0 bridgehead atoms. The molecule has 5 nitrogen and oxygen atoms in total. The summed E-state index contributed by atoms with van der Waals surface area (Å²) in [5.41, 5.74) is 1.82. The third-order valence-electron chi connectivity index (χ3n) is 6.64. The molecule has 0 radical (unpaired) electrons. The van der Waals surface area contributed by atoms with Crippen molar-refractivity contribution in [2.24, 2.45) is 11.8 Å². The highest BCUT2D eigenvalue weighted by atomic mass is 16.2. The van der Waals surface area contributed by atoms with E-state index in [1.165, 1.54) is 37.7 Å². The minimum atomic E-state index is -0.0299. The molecule has 1 N–H and O–H groups in total. The van der Waals surface area contributed by atoms with E-state index in [4.69, 9.17) is 0 Å². The number of hydrogen-bond donors (Lipinski definition) is 1. The second kappa shape index (κ2) is 9.88. The van der Waals surface area contributed by atoms with Crippen LogP contribution in [0.2, 0.25) is 0 Å². The smallest absolute Gasteiger partial charge is 0.255 e. The number of likely N-dealkylation sites (tertiary alicyclic amines) is 1. The minimum Gasteiger partial charge on any atom is -0.349 e. The number of aromatic nitrogens is 1. The maximum absolute atomic E-state index is 13.1. The van der Waals surface area contributed by atoms with Crippen LogP contribution in [0.4, 0.5) is 0 Å². The van der Waals surface area contributed by atoms with E-state index in [9.17, 15) is 9.59 Å². The number of carbonyl (C=O) groups is 2. The van der Waals surface area contributed by atoms with Crippen LogP contribution in [0.5, 0.6) is 0 Å². The summed E-state index contributed by atoms with van der Waals surface area (Å²) in [7, 11) is 0. The topological polar surface area (TPSA) is 62.3 Å². The summed E-state index contributed by atoms with van der Waals surface area (Å²) in [4.78, 5) is 31.7. The van der Waals surface area contributed by atoms with E-state index in [1.807, 2.05) is 11.0 Å². The van der Waals surface area contributed by atoms with E-state index in [2.05, 4.69) is 34.6 Å². The van der Waals surface area contributed by atoms with Crippen molar-refractivity contribution in [3.05, 3.63) is 66.0 Å². The molecule has 2 amide bonds. The summed E-state index contributed by atoms with van der Waals surface area (Å²) < 4.78 is 0. The van der Waals surface area contributed by atoms with Gasteiger partial charge < -0.3 is 10.2 Å². The summed E-state index contributed by atoms with van der Waals surface area (Å²) in [5, 5.41) is 3.40. The first kappa shape index (κ1) is 20.6. The number of pyridine rings is 1. The van der Waals surface area contributed by atoms with Crippen molar-refractivity contribution in [1.29, 1.82) is 0 Å². The molecular formula is C25H31N3O2. The number of carbonyl (C=O) groups excluding carboxylic acids is 2. The Morgan fingerprint density at radius 1 is 0.933 bits per heavy atom. The Kier molecular flexibility index (Phi) is 6.77. The molecule has 2 aliphatic rings. The van der Waals surface area contributed by atoms with Gasteiger partial charge in [0.15, 0.2) is 0 Å². The van der Waals surface area contributed by atoms with E-state index in [-0.39, 0.29) is 23.8 Å². The molecule has 1 unspecified atom stereocenters. The van der Waals surface area contributed by atoms with Crippen LogP contribution in [0.15, 0.2) is 54.9 Å². The summed E-state index contributed by atoms with van der Waals surface area (Å²) >= 11 is 0. The van der Waals surface area contributed by atoms with E-state index >= 15 is 0 Å². The van der Waals surface area contributed by atoms with Gasteiger partial charge in [-0.25, -0.2) is 0 Å². The van der Waals surface area contributed by atoms with Crippen molar-refractivity contribution in [1.82, 2.24) is 15.2 Å². The first-order chi connectivity index (χ1) is 14.7. The van der Waals surface area contributed by atoms with Gasteiger partial charge >= 0.3 is 0 Å². The predicted molar refractivity (Wildman–Crippen MR) is 117 cm³/mol. The predicted octanol–water partition coefficient (Wildman–Crippen LogP) is 4.37. The van der Waals surface area contributed by atoms with Crippen LogP contribution in [-0.2, 0) is 4.79 Å². The highest BCUT2D eigenvalue weighted by Crippen LogP contribution is 2.35. The van der Waals surface area contributed by atoms with Gasteiger partial charge in [0.2, 0.25) is 5.91 Å². The number of hydrogen-bond acceptors (Lipinski definition) is 3. The standard InChI is InChI=1S/C25H31N3O2/c29-24(21-13-16-28(17-14-21)25(30)22-12-7-15-26-18-22)27-23(19-8-3-1-4-9-19)20-10-5-2-6-11-20/h1,3-4,7-9,12,15,18,20-21,23H,2,5-6,10-11,13-14,16-17H2,(H,27,29). The lowest BCUT2D eigenvalue weighted by molar-refractivity contribution is -0.127. The summed E-state index contributed by atoms with van der Waals surface area (Å²) in [6, 6.07) is 14.1. The Morgan fingerprint density at radius 2 is 1.67 bits per heavy atom. The molecular weight excluding hydrogens is 374 g/mol. The zero-order valence-corrected chi connectivity index (χ0v) is 17.5. The van der Waals surface area contributed by atoms with Crippen LogP contribution in [0.3, 0.4) is 0 Å². The third-order valence-corrected chi connectivity index (χ3v) is 6.64. The molecule has 5 heteroatoms. The number of benzene rings is 1. The molecule has 1 aromatic carbocycles. The maximum Gasteiger partial charge on any atom is 0.255 e. The number of rotatable bonds is 5. The normalized spacial score (nSPS) is 19.3. The highest BCUT2D eigenvalue weighted by Gasteiger charge is 2.32. The molecule has 1 aliphatic heterocycles. The Bertz CT molecular complexity index is 826. The van der Waals surface area contributed by atoms with Crippen molar-refractivity contribution in [2.45, 2.75) is 51.0 Å². The van der Waals surface area contributed by atoms with Crippen LogP contribution < -0.4 is 5.32 Å². The highest BCUT2D eigenvalue weighted by molar-refractivity contribution is 5.94. The van der Waals surface area contributed by atoms with Crippen LogP contribution in [0.1, 0.15) is 66.9 Å². The lowest BCUT2D eigenvalue weighted by atomic mass is 9.80. The summed E-state index contributed by atoms with van der Waals surface area (Å²) in [6.45, 7) is 1.23. The third kappa shape index (κ3) is 4.89. The van der Waals surface area contributed by atoms with Gasteiger partial charge in [-0.15, -0.1) is 0 Å². The fourth-order valence-corrected chi connectivity index (χ4v) is 4.89. The lowest BCUT2D eigenvalue weighted by Gasteiger charge is -2.35. The molecule has 2 heterocycles. The Morgan fingerprint density at radius 3 is 2.33 bits per heavy atom. The fraction of sp³-hybridized carbons (Fsp3) is 0.480. The van der Waals surface area contributed by atoms with E-state index in [1.54, 1.807) is 24.5 Å². The molecule has 1 aliphatic carbocycles. The molecule has 2 aromatic rings. The fourth-order valence-electron chi connectivity index (χ4n) is 4.89. The molecule has 158 valence electrons. The number of piperidine rings is 1. The van der Waals surface area contributed by atoms with Crippen molar-refractivity contribution < 1.29 is 9.59 Å². The minimum absolute atomic E-state index is 0.00586. The molecule has 1 saturated heterocycles. The van der Waals surface area contributed by atoms with Crippen LogP contribution in [0.25, 0.3) is 0 Å². The monoisotopic (exact) mass is 405 g/mol. The van der Waals surface area contributed by atoms with Gasteiger partial charge in [-0.2, -0.15) is 0 Å². The molecule has 2 fully saturated rings. The lowest BCUT2D eigenvalue weighted by Crippen LogP contribution is -2.44. The van der Waals surface area contributed by atoms with Crippen molar-refractivity contribution in [2.75, 3.05) is 13.1 Å². The Labute approximate surface area is 178 Å². The van der Waals surface area contributed by atoms with Crippen LogP contribution >= 0.6 is 0 Å². The maximum atomic E-state index is 13.1. The zero-order chi connectivity index (χ0) is 20.8. The van der Waals surface area contributed by atoms with Crippen molar-refractivity contribution >= 4 is 11.8 Å². The van der Waals surface area contributed by atoms with E-state index < -0.39 is 0 Å². The second-order valence-electron chi connectivity index (χ2n) is 8.60. The second-order valence-corrected chi connectivity index (χ2v) is 8.60. The Balaban J connectivity index is 1.37. The molecule has 30 heavy (non-hydrogen) atoms. The van der Waals surface area contributed by atoms with Gasteiger partial charge in [-0.3, -0.25) is 14.6 Å². The average molecular weight is 406 g/mol. The van der Waals surface area contributed by atoms with Crippen LogP contribution in [0, 0.1) is 11.8 Å². The summed E-state index contributed by atoms with van der Waals surface area (Å²) in [5.74, 6) is 0.629. The zero-order valence-electron chi connectivity index (χ0n) is 17.5.